The summed E-state index contributed by atoms with van der Waals surface area (Å²) >= 11 is 0. The molecule has 156 valence electrons. The van der Waals surface area contributed by atoms with E-state index >= 15 is 0 Å². The molecule has 0 saturated heterocycles. The van der Waals surface area contributed by atoms with Crippen LogP contribution in [0.15, 0.2) is 65.4 Å². The molecule has 0 atom stereocenters. The Balaban J connectivity index is 2.05. The van der Waals surface area contributed by atoms with E-state index in [1.165, 1.54) is 12.7 Å². The fraction of sp³-hybridized carbons (Fsp3) is 0.280. The lowest BCUT2D eigenvalue weighted by molar-refractivity contribution is -0.136. The van der Waals surface area contributed by atoms with Gasteiger partial charge in [-0.2, -0.15) is 0 Å². The van der Waals surface area contributed by atoms with Gasteiger partial charge in [0.1, 0.15) is 0 Å². The van der Waals surface area contributed by atoms with Crippen molar-refractivity contribution in [3.8, 4) is 0 Å². The van der Waals surface area contributed by atoms with Crippen molar-refractivity contribution in [1.29, 1.82) is 0 Å². The smallest absolute Gasteiger partial charge is 0.340 e. The highest BCUT2D eigenvalue weighted by molar-refractivity contribution is 6.23. The van der Waals surface area contributed by atoms with Gasteiger partial charge in [-0.25, -0.2) is 4.79 Å². The van der Waals surface area contributed by atoms with Crippen LogP contribution in [0.2, 0.25) is 0 Å². The van der Waals surface area contributed by atoms with Crippen LogP contribution in [-0.2, 0) is 14.3 Å². The van der Waals surface area contributed by atoms with E-state index in [1.807, 2.05) is 67.5 Å². The van der Waals surface area contributed by atoms with Crippen LogP contribution in [0.5, 0.6) is 0 Å². The number of anilines is 2. The summed E-state index contributed by atoms with van der Waals surface area (Å²) in [6.45, 7) is 6.02. The van der Waals surface area contributed by atoms with Crippen molar-refractivity contribution in [2.45, 2.75) is 26.7 Å². The first-order chi connectivity index (χ1) is 14.2. The van der Waals surface area contributed by atoms with E-state index in [4.69, 9.17) is 4.74 Å². The van der Waals surface area contributed by atoms with Gasteiger partial charge in [-0.3, -0.25) is 9.69 Å². The number of carbonyl (C=O) groups is 2. The van der Waals surface area contributed by atoms with Crippen LogP contribution in [0.4, 0.5) is 11.4 Å². The Morgan fingerprint density at radius 3 is 2.13 bits per heavy atom. The zero-order valence-electron chi connectivity index (χ0n) is 18.4. The van der Waals surface area contributed by atoms with E-state index in [2.05, 4.69) is 13.8 Å². The summed E-state index contributed by atoms with van der Waals surface area (Å²) in [4.78, 5) is 29.5. The van der Waals surface area contributed by atoms with Crippen LogP contribution >= 0.6 is 0 Å². The summed E-state index contributed by atoms with van der Waals surface area (Å²) in [6.07, 6.45) is 1.75. The van der Waals surface area contributed by atoms with E-state index in [0.717, 1.165) is 16.9 Å². The monoisotopic (exact) mass is 404 g/mol. The first-order valence-corrected chi connectivity index (χ1v) is 9.97. The minimum Gasteiger partial charge on any atom is -0.465 e. The molecule has 0 spiro atoms. The number of hydrogen-bond acceptors (Lipinski definition) is 4. The Morgan fingerprint density at radius 1 is 1.03 bits per heavy atom. The van der Waals surface area contributed by atoms with E-state index in [1.54, 1.807) is 17.9 Å². The van der Waals surface area contributed by atoms with Crippen LogP contribution in [0.25, 0.3) is 6.08 Å². The second-order valence-corrected chi connectivity index (χ2v) is 7.88. The fourth-order valence-electron chi connectivity index (χ4n) is 3.53. The zero-order chi connectivity index (χ0) is 22.0. The van der Waals surface area contributed by atoms with Crippen molar-refractivity contribution in [3.63, 3.8) is 0 Å². The average molecular weight is 405 g/mol. The SMILES string of the molecule is COC(=O)C1=C(C)N(c2ccc(C(C)C)cc2)C(=O)/C1=C\c1ccc(N(C)C)cc1. The molecule has 30 heavy (non-hydrogen) atoms. The first kappa shape index (κ1) is 21.4. The van der Waals surface area contributed by atoms with Crippen LogP contribution in [0, 0.1) is 0 Å². The van der Waals surface area contributed by atoms with Gasteiger partial charge in [0.2, 0.25) is 0 Å². The van der Waals surface area contributed by atoms with Crippen molar-refractivity contribution in [2.24, 2.45) is 0 Å². The van der Waals surface area contributed by atoms with E-state index < -0.39 is 5.97 Å². The summed E-state index contributed by atoms with van der Waals surface area (Å²) in [5.74, 6) is -0.351. The maximum absolute atomic E-state index is 13.3. The molecule has 0 aliphatic carbocycles. The highest BCUT2D eigenvalue weighted by Gasteiger charge is 2.37. The topological polar surface area (TPSA) is 49.9 Å². The van der Waals surface area contributed by atoms with Gasteiger partial charge < -0.3 is 9.64 Å². The number of amides is 1. The number of nitrogens with zero attached hydrogens (tertiary/aromatic N) is 2. The van der Waals surface area contributed by atoms with Crippen molar-refractivity contribution >= 4 is 29.3 Å². The maximum atomic E-state index is 13.3. The third-order valence-corrected chi connectivity index (χ3v) is 5.33. The third-order valence-electron chi connectivity index (χ3n) is 5.33. The van der Waals surface area contributed by atoms with E-state index in [0.29, 0.717) is 22.8 Å². The first-order valence-electron chi connectivity index (χ1n) is 9.97. The molecule has 0 radical (unpaired) electrons. The normalized spacial score (nSPS) is 15.4. The minimum atomic E-state index is -0.515. The molecule has 5 nitrogen and oxygen atoms in total. The van der Waals surface area contributed by atoms with Crippen molar-refractivity contribution in [1.82, 2.24) is 0 Å². The lowest BCUT2D eigenvalue weighted by Crippen LogP contribution is -2.24. The molecule has 1 aliphatic rings. The second kappa shape index (κ2) is 8.57. The van der Waals surface area contributed by atoms with Gasteiger partial charge >= 0.3 is 5.97 Å². The molecule has 0 fully saturated rings. The van der Waals surface area contributed by atoms with Gasteiger partial charge in [-0.15, -0.1) is 0 Å². The van der Waals surface area contributed by atoms with Crippen LogP contribution in [0.1, 0.15) is 37.8 Å². The number of esters is 1. The van der Waals surface area contributed by atoms with E-state index in [-0.39, 0.29) is 5.91 Å². The number of methoxy groups -OCH3 is 1. The van der Waals surface area contributed by atoms with Gasteiger partial charge in [-0.1, -0.05) is 38.1 Å². The van der Waals surface area contributed by atoms with Gasteiger partial charge in [0.05, 0.1) is 18.3 Å². The quantitative estimate of drug-likeness (QED) is 0.533. The summed E-state index contributed by atoms with van der Waals surface area (Å²) in [6, 6.07) is 15.7. The molecule has 1 amide bonds. The molecule has 0 bridgehead atoms. The lowest BCUT2D eigenvalue weighted by atomic mass is 10.0. The van der Waals surface area contributed by atoms with Crippen molar-refractivity contribution < 1.29 is 14.3 Å². The third kappa shape index (κ3) is 4.01. The number of allylic oxidation sites excluding steroid dienone is 1. The number of carbonyl (C=O) groups excluding carboxylic acids is 2. The number of ether oxygens (including phenoxy) is 1. The average Bonchev–Trinajstić information content (AvgIpc) is 2.97. The van der Waals surface area contributed by atoms with Crippen LogP contribution in [0.3, 0.4) is 0 Å². The second-order valence-electron chi connectivity index (χ2n) is 7.88. The fourth-order valence-corrected chi connectivity index (χ4v) is 3.53. The van der Waals surface area contributed by atoms with Gasteiger partial charge in [0.25, 0.3) is 5.91 Å². The molecule has 2 aromatic carbocycles. The highest BCUT2D eigenvalue weighted by Crippen LogP contribution is 2.36. The molecule has 1 heterocycles. The highest BCUT2D eigenvalue weighted by atomic mass is 16.5. The largest absolute Gasteiger partial charge is 0.465 e. The number of rotatable bonds is 5. The predicted molar refractivity (Wildman–Crippen MR) is 121 cm³/mol. The summed E-state index contributed by atoms with van der Waals surface area (Å²) in [7, 11) is 5.27. The molecular weight excluding hydrogens is 376 g/mol. The van der Waals surface area contributed by atoms with Gasteiger partial charge in [0.15, 0.2) is 0 Å². The Morgan fingerprint density at radius 2 is 1.63 bits per heavy atom. The molecular formula is C25H28N2O3. The Labute approximate surface area is 178 Å². The standard InChI is InChI=1S/C25H28N2O3/c1-16(2)19-9-13-21(14-10-19)27-17(3)23(25(29)30-6)22(24(27)28)15-18-7-11-20(12-8-18)26(4)5/h7-16H,1-6H3/b22-15-. The van der Waals surface area contributed by atoms with Crippen molar-refractivity contribution in [3.05, 3.63) is 76.5 Å². The summed E-state index contributed by atoms with van der Waals surface area (Å²) < 4.78 is 4.98. The van der Waals surface area contributed by atoms with Gasteiger partial charge in [0, 0.05) is 31.2 Å². The number of hydrogen-bond donors (Lipinski definition) is 0. The molecule has 2 aromatic rings. The molecule has 0 aromatic heterocycles. The molecule has 3 rings (SSSR count). The molecule has 0 saturated carbocycles. The number of benzene rings is 2. The predicted octanol–water partition coefficient (Wildman–Crippen LogP) is 4.75. The minimum absolute atomic E-state index is 0.234. The summed E-state index contributed by atoms with van der Waals surface area (Å²) in [5, 5.41) is 0. The summed E-state index contributed by atoms with van der Waals surface area (Å²) in [5.41, 5.74) is 5.03. The van der Waals surface area contributed by atoms with Crippen molar-refractivity contribution in [2.75, 3.05) is 31.0 Å². The van der Waals surface area contributed by atoms with E-state index in [9.17, 15) is 9.59 Å². The molecule has 1 aliphatic heterocycles. The maximum Gasteiger partial charge on any atom is 0.340 e. The Hall–Kier alpha value is -3.34. The van der Waals surface area contributed by atoms with Crippen LogP contribution in [-0.4, -0.2) is 33.1 Å². The molecule has 5 heteroatoms. The van der Waals surface area contributed by atoms with Gasteiger partial charge in [-0.05, 0) is 54.3 Å². The Bertz CT molecular complexity index is 1010. The molecule has 0 unspecified atom stereocenters. The molecule has 0 N–H and O–H groups in total. The Kier molecular flexibility index (Phi) is 6.11. The lowest BCUT2D eigenvalue weighted by Gasteiger charge is -2.19. The van der Waals surface area contributed by atoms with Crippen LogP contribution < -0.4 is 9.80 Å². The zero-order valence-corrected chi connectivity index (χ0v) is 18.4.